The topological polar surface area (TPSA) is 0 Å². The first-order valence-electron chi connectivity index (χ1n) is 18.9. The Hall–Kier alpha value is -3.88. The van der Waals surface area contributed by atoms with Gasteiger partial charge in [0.2, 0.25) is 0 Å². The summed E-state index contributed by atoms with van der Waals surface area (Å²) in [6, 6.07) is 49.1. The van der Waals surface area contributed by atoms with Crippen molar-refractivity contribution in [2.45, 2.75) is 59.1 Å². The molecule has 3 heteroatoms. The molecule has 0 spiro atoms. The Balaban J connectivity index is 0.000000207. The third-order valence-corrected chi connectivity index (χ3v) is 11.8. The van der Waals surface area contributed by atoms with Crippen molar-refractivity contribution in [2.24, 2.45) is 5.92 Å². The molecule has 0 bridgehead atoms. The molecule has 1 aliphatic heterocycles. The second-order valence-electron chi connectivity index (χ2n) is 15.7. The zero-order valence-corrected chi connectivity index (χ0v) is 38.6. The van der Waals surface area contributed by atoms with Gasteiger partial charge in [0.25, 0.3) is 0 Å². The third-order valence-electron chi connectivity index (χ3n) is 10.6. The van der Waals surface area contributed by atoms with Gasteiger partial charge in [0.05, 0.1) is 0 Å². The average Bonchev–Trinajstić information content (AvgIpc) is 3.86. The summed E-state index contributed by atoms with van der Waals surface area (Å²) in [6.07, 6.45) is 5.95. The monoisotopic (exact) mass is 838 g/mol. The molecule has 0 saturated carbocycles. The van der Waals surface area contributed by atoms with Crippen LogP contribution in [0.15, 0.2) is 156 Å². The summed E-state index contributed by atoms with van der Waals surface area (Å²) >= 11 is 3.30. The summed E-state index contributed by atoms with van der Waals surface area (Å²) in [6.45, 7) is 18.8. The number of thioether (sulfide) groups is 1. The molecule has 1 heterocycles. The van der Waals surface area contributed by atoms with Crippen LogP contribution in [0.2, 0.25) is 0 Å². The average molecular weight is 840 g/mol. The summed E-state index contributed by atoms with van der Waals surface area (Å²) in [5.41, 5.74) is 13.7. The van der Waals surface area contributed by atoms with Crippen LogP contribution >= 0.6 is 11.8 Å². The SMILES string of the molecule is CC(C)C1=CC2=C(c3ccc(C(C)(C)C)cc3)C(C)SC2=[C-]1.Cc1cc2c(-c3cccc4ccccc34)cc(-c3cccc4ccccc34)cc2[cH-]1.[CH3-].[CH3-].[Si]=[Zr]. The molecule has 7 aromatic carbocycles. The molecule has 1 atom stereocenters. The number of benzene rings is 6. The number of allylic oxidation sites excluding steroid dienone is 4. The molecule has 2 aliphatic rings. The zero-order chi connectivity index (χ0) is 38.1. The minimum absolute atomic E-state index is 0. The Morgan fingerprint density at radius 3 is 1.86 bits per heavy atom. The van der Waals surface area contributed by atoms with Crippen LogP contribution in [0.25, 0.3) is 60.1 Å². The Labute approximate surface area is 357 Å². The molecule has 1 aliphatic carbocycles. The molecule has 0 nitrogen and oxygen atoms in total. The van der Waals surface area contributed by atoms with E-state index in [1.165, 1.54) is 116 Å². The van der Waals surface area contributed by atoms with Crippen molar-refractivity contribution >= 4 is 56.5 Å². The second kappa shape index (κ2) is 18.1. The van der Waals surface area contributed by atoms with E-state index in [1.54, 1.807) is 0 Å². The number of hydrogen-bond donors (Lipinski definition) is 0. The first-order valence-corrected chi connectivity index (χ1v) is 23.9. The summed E-state index contributed by atoms with van der Waals surface area (Å²) in [5.74, 6) is 0.547. The van der Waals surface area contributed by atoms with Crippen molar-refractivity contribution in [3.63, 3.8) is 0 Å². The third kappa shape index (κ3) is 8.67. The molecule has 0 aromatic heterocycles. The predicted octanol–water partition coefficient (Wildman–Crippen LogP) is 15.2. The number of rotatable bonds is 4. The van der Waals surface area contributed by atoms with E-state index in [0.29, 0.717) is 11.2 Å². The fourth-order valence-electron chi connectivity index (χ4n) is 7.84. The van der Waals surface area contributed by atoms with Crippen molar-refractivity contribution in [2.75, 3.05) is 0 Å². The van der Waals surface area contributed by atoms with Gasteiger partial charge in [-0.2, -0.15) is 23.3 Å². The van der Waals surface area contributed by atoms with Crippen LogP contribution in [0.5, 0.6) is 0 Å². The molecular weight excluding hydrogens is 788 g/mol. The van der Waals surface area contributed by atoms with E-state index in [1.807, 2.05) is 11.8 Å². The van der Waals surface area contributed by atoms with Crippen molar-refractivity contribution in [3.8, 4) is 22.3 Å². The van der Waals surface area contributed by atoms with Gasteiger partial charge in [-0.1, -0.05) is 174 Å². The molecule has 0 amide bonds. The summed E-state index contributed by atoms with van der Waals surface area (Å²) in [4.78, 5) is 1.34. The van der Waals surface area contributed by atoms with Crippen LogP contribution in [-0.4, -0.2) is 12.1 Å². The number of fused-ring (bicyclic) bond motifs is 4. The summed E-state index contributed by atoms with van der Waals surface area (Å²) in [7, 11) is 0. The van der Waals surface area contributed by atoms with Crippen LogP contribution in [0.3, 0.4) is 0 Å². The molecular formula is C53H52SSiZr-4. The molecule has 9 rings (SSSR count). The van der Waals surface area contributed by atoms with Crippen LogP contribution in [-0.2, 0) is 28.8 Å². The Morgan fingerprint density at radius 2 is 1.25 bits per heavy atom. The van der Waals surface area contributed by atoms with Crippen LogP contribution in [0.4, 0.5) is 0 Å². The van der Waals surface area contributed by atoms with Gasteiger partial charge in [-0.05, 0) is 62.1 Å². The standard InChI is InChI=1S/C30H21.C21H25S.2CH3.Si.Zr/c1-20-16-23-18-24(27-14-6-10-21-8-2-4-12-25(21)27)19-30(29(23)17-20)28-15-7-11-22-9-3-5-13-26(22)28;1-13(2)16-11-18-19(12-16)22-14(3)20(18)15-7-9-17(10-8-15)21(4,5)6;;;;/h2-19H,1H3;7-11,13-14H,1-6H3;2*1H3;;/q4*-1;;. The fourth-order valence-corrected chi connectivity index (χ4v) is 9.05. The van der Waals surface area contributed by atoms with Crippen LogP contribution in [0, 0.1) is 33.8 Å². The van der Waals surface area contributed by atoms with E-state index < -0.39 is 0 Å². The fraction of sp³-hybridized carbons (Fsp3) is 0.189. The Morgan fingerprint density at radius 1 is 0.679 bits per heavy atom. The van der Waals surface area contributed by atoms with Gasteiger partial charge in [0.15, 0.2) is 0 Å². The van der Waals surface area contributed by atoms with Crippen LogP contribution in [0.1, 0.15) is 58.2 Å². The van der Waals surface area contributed by atoms with Crippen molar-refractivity contribution < 1.29 is 23.3 Å². The molecule has 7 aromatic rings. The van der Waals surface area contributed by atoms with Gasteiger partial charge in [0, 0.05) is 5.25 Å². The number of hydrogen-bond acceptors (Lipinski definition) is 1. The van der Waals surface area contributed by atoms with E-state index in [4.69, 9.17) is 0 Å². The van der Waals surface area contributed by atoms with Gasteiger partial charge in [0.1, 0.15) is 0 Å². The quantitative estimate of drug-likeness (QED) is 0.126. The van der Waals surface area contributed by atoms with Crippen LogP contribution < -0.4 is 0 Å². The van der Waals surface area contributed by atoms with Gasteiger partial charge in [-0.3, -0.25) is 0 Å². The molecule has 282 valence electrons. The summed E-state index contributed by atoms with van der Waals surface area (Å²) in [5, 5.41) is 8.31. The minimum atomic E-state index is 0. The molecule has 0 fully saturated rings. The van der Waals surface area contributed by atoms with E-state index in [-0.39, 0.29) is 20.3 Å². The number of aryl methyl sites for hydroxylation is 1. The first kappa shape index (κ1) is 43.2. The Kier molecular flexibility index (Phi) is 14.0. The second-order valence-corrected chi connectivity index (χ2v) is 17.1. The van der Waals surface area contributed by atoms with Gasteiger partial charge < -0.3 is 14.9 Å². The van der Waals surface area contributed by atoms with Crippen molar-refractivity contribution in [1.29, 1.82) is 0 Å². The maximum atomic E-state index is 3.60. The van der Waals surface area contributed by atoms with Crippen molar-refractivity contribution in [1.82, 2.24) is 0 Å². The zero-order valence-electron chi connectivity index (χ0n) is 34.3. The summed E-state index contributed by atoms with van der Waals surface area (Å²) < 4.78 is 0. The molecule has 1 unspecified atom stereocenters. The van der Waals surface area contributed by atoms with Crippen molar-refractivity contribution in [3.05, 3.63) is 193 Å². The predicted molar refractivity (Wildman–Crippen MR) is 248 cm³/mol. The first-order chi connectivity index (χ1) is 26.0. The normalized spacial score (nSPS) is 14.6. The van der Waals surface area contributed by atoms with E-state index >= 15 is 0 Å². The van der Waals surface area contributed by atoms with Gasteiger partial charge in [-0.15, -0.1) is 45.1 Å². The molecule has 2 radical (unpaired) electrons. The van der Waals surface area contributed by atoms with E-state index in [2.05, 4.69) is 201 Å². The molecule has 0 N–H and O–H groups in total. The maximum absolute atomic E-state index is 3.60. The van der Waals surface area contributed by atoms with Gasteiger partial charge in [-0.25, -0.2) is 6.08 Å². The van der Waals surface area contributed by atoms with E-state index in [0.717, 1.165) is 0 Å². The Bertz CT molecular complexity index is 2580. The van der Waals surface area contributed by atoms with E-state index in [9.17, 15) is 0 Å². The molecule has 0 saturated heterocycles. The molecule has 56 heavy (non-hydrogen) atoms. The van der Waals surface area contributed by atoms with Gasteiger partial charge >= 0.3 is 30.2 Å².